The Kier molecular flexibility index (Phi) is 14.0. The summed E-state index contributed by atoms with van der Waals surface area (Å²) in [6.45, 7) is 4.52. The molecule has 2 aromatic heterocycles. The predicted molar refractivity (Wildman–Crippen MR) is 188 cm³/mol. The molecule has 2 nitrogen and oxygen atoms in total. The van der Waals surface area contributed by atoms with Gasteiger partial charge in [0.2, 0.25) is 0 Å². The topological polar surface area (TPSA) is 25.8 Å². The number of hydrogen-bond acceptors (Lipinski definition) is 4. The Labute approximate surface area is 262 Å². The monoisotopic (exact) mass is 592 g/mol. The Morgan fingerprint density at radius 3 is 1.29 bits per heavy atom. The Bertz CT molecular complexity index is 1280. The highest BCUT2D eigenvalue weighted by Gasteiger charge is 2.03. The highest BCUT2D eigenvalue weighted by molar-refractivity contribution is 7.99. The second kappa shape index (κ2) is 18.5. The van der Waals surface area contributed by atoms with E-state index in [1.54, 1.807) is 0 Å². The molecule has 0 radical (unpaired) electrons. The number of pyridine rings is 2. The van der Waals surface area contributed by atoms with Crippen LogP contribution in [0.1, 0.15) is 87.5 Å². The van der Waals surface area contributed by atoms with Gasteiger partial charge in [-0.05, 0) is 95.1 Å². The minimum atomic E-state index is 0.877. The second-order valence-corrected chi connectivity index (χ2v) is 12.9. The third kappa shape index (κ3) is 11.3. The van der Waals surface area contributed by atoms with Crippen LogP contribution in [0, 0.1) is 0 Å². The van der Waals surface area contributed by atoms with Gasteiger partial charge in [0.25, 0.3) is 0 Å². The average Bonchev–Trinajstić information content (AvgIpc) is 3.04. The van der Waals surface area contributed by atoms with Gasteiger partial charge in [0.1, 0.15) is 0 Å². The van der Waals surface area contributed by atoms with Crippen LogP contribution in [0.3, 0.4) is 0 Å². The lowest BCUT2D eigenvalue weighted by Gasteiger charge is -2.04. The van der Waals surface area contributed by atoms with Crippen molar-refractivity contribution in [3.8, 4) is 11.4 Å². The second-order valence-electron chi connectivity index (χ2n) is 10.6. The summed E-state index contributed by atoms with van der Waals surface area (Å²) in [5.74, 6) is 2.40. The van der Waals surface area contributed by atoms with E-state index in [1.807, 2.05) is 48.1 Å². The van der Waals surface area contributed by atoms with Crippen molar-refractivity contribution in [2.75, 3.05) is 11.5 Å². The molecule has 0 fully saturated rings. The minimum Gasteiger partial charge on any atom is -0.255 e. The largest absolute Gasteiger partial charge is 0.255 e. The van der Waals surface area contributed by atoms with Gasteiger partial charge >= 0.3 is 0 Å². The minimum absolute atomic E-state index is 0.877. The van der Waals surface area contributed by atoms with Crippen LogP contribution in [0.5, 0.6) is 0 Å². The highest BCUT2D eigenvalue weighted by Crippen LogP contribution is 2.24. The van der Waals surface area contributed by atoms with E-state index < -0.39 is 0 Å². The zero-order valence-corrected chi connectivity index (χ0v) is 26.8. The molecule has 0 bridgehead atoms. The van der Waals surface area contributed by atoms with Crippen LogP contribution in [0.4, 0.5) is 0 Å². The van der Waals surface area contributed by atoms with Crippen LogP contribution in [0.25, 0.3) is 35.7 Å². The Morgan fingerprint density at radius 2 is 0.881 bits per heavy atom. The lowest BCUT2D eigenvalue weighted by molar-refractivity contribution is 0.706. The number of nitrogens with zero attached hydrogens (tertiary/aromatic N) is 2. The smallest absolute Gasteiger partial charge is 0.0892 e. The predicted octanol–water partition coefficient (Wildman–Crippen LogP) is 11.8. The Balaban J connectivity index is 1.32. The van der Waals surface area contributed by atoms with Crippen molar-refractivity contribution >= 4 is 47.8 Å². The number of thioether (sulfide) groups is 2. The maximum Gasteiger partial charge on any atom is 0.0892 e. The maximum atomic E-state index is 4.61. The molecule has 0 aliphatic heterocycles. The standard InChI is InChI=1S/C38H44N2S2/c1-3-5-7-9-27-41-35-19-15-31(16-20-35)11-13-33-23-25-39-37(29-33)38-30-34(24-26-40-38)14-12-32-17-21-36(22-18-32)42-28-10-8-6-4-2/h11-26,29-30H,3-10,27-28H2,1-2H3/b13-11+,14-12+. The van der Waals surface area contributed by atoms with Gasteiger partial charge in [-0.3, -0.25) is 9.97 Å². The molecule has 0 aliphatic carbocycles. The Hall–Kier alpha value is -3.08. The van der Waals surface area contributed by atoms with Crippen LogP contribution >= 0.6 is 23.5 Å². The third-order valence-electron chi connectivity index (χ3n) is 7.06. The number of rotatable bonds is 17. The fourth-order valence-corrected chi connectivity index (χ4v) is 6.38. The van der Waals surface area contributed by atoms with Gasteiger partial charge in [0.05, 0.1) is 11.4 Å². The van der Waals surface area contributed by atoms with Crippen LogP contribution in [-0.2, 0) is 0 Å². The third-order valence-corrected chi connectivity index (χ3v) is 9.26. The first-order valence-electron chi connectivity index (χ1n) is 15.5. The average molecular weight is 593 g/mol. The quantitative estimate of drug-likeness (QED) is 0.0899. The fourth-order valence-electron chi connectivity index (χ4n) is 4.55. The number of hydrogen-bond donors (Lipinski definition) is 0. The zero-order chi connectivity index (χ0) is 29.2. The summed E-state index contributed by atoms with van der Waals surface area (Å²) in [6.07, 6.45) is 22.9. The summed E-state index contributed by atoms with van der Waals surface area (Å²) in [4.78, 5) is 11.9. The fraction of sp³-hybridized carbons (Fsp3) is 0.316. The molecule has 2 aromatic carbocycles. The van der Waals surface area contributed by atoms with E-state index in [2.05, 4.69) is 109 Å². The summed E-state index contributed by atoms with van der Waals surface area (Å²) < 4.78 is 0. The SMILES string of the molecule is CCCCCCSc1ccc(/C=C/c2ccnc(-c3cc(/C=C/c4ccc(SCCCCCC)cc4)ccn3)c2)cc1. The van der Waals surface area contributed by atoms with Crippen molar-refractivity contribution in [1.82, 2.24) is 9.97 Å². The number of unbranched alkanes of at least 4 members (excludes halogenated alkanes) is 6. The van der Waals surface area contributed by atoms with E-state index in [0.29, 0.717) is 0 Å². The van der Waals surface area contributed by atoms with Crippen molar-refractivity contribution < 1.29 is 0 Å². The molecule has 0 saturated carbocycles. The molecule has 2 heterocycles. The van der Waals surface area contributed by atoms with Crippen LogP contribution in [0.2, 0.25) is 0 Å². The first-order chi connectivity index (χ1) is 20.7. The molecule has 0 aliphatic rings. The van der Waals surface area contributed by atoms with Crippen molar-refractivity contribution in [3.05, 3.63) is 107 Å². The molecule has 218 valence electrons. The molecular formula is C38H44N2S2. The van der Waals surface area contributed by atoms with Crippen molar-refractivity contribution in [2.45, 2.75) is 75.0 Å². The molecule has 4 aromatic rings. The summed E-state index contributed by atoms with van der Waals surface area (Å²) in [6, 6.07) is 26.0. The molecule has 0 N–H and O–H groups in total. The van der Waals surface area contributed by atoms with Crippen LogP contribution < -0.4 is 0 Å². The van der Waals surface area contributed by atoms with Crippen molar-refractivity contribution in [2.24, 2.45) is 0 Å². The molecule has 4 rings (SSSR count). The van der Waals surface area contributed by atoms with Crippen LogP contribution in [-0.4, -0.2) is 21.5 Å². The van der Waals surface area contributed by atoms with Gasteiger partial charge in [-0.25, -0.2) is 0 Å². The summed E-state index contributed by atoms with van der Waals surface area (Å²) in [5, 5.41) is 0. The lowest BCUT2D eigenvalue weighted by atomic mass is 10.1. The first-order valence-corrected chi connectivity index (χ1v) is 17.4. The van der Waals surface area contributed by atoms with Crippen molar-refractivity contribution in [3.63, 3.8) is 0 Å². The van der Waals surface area contributed by atoms with E-state index in [-0.39, 0.29) is 0 Å². The number of aromatic nitrogens is 2. The molecule has 4 heteroatoms. The first kappa shape index (κ1) is 31.8. The van der Waals surface area contributed by atoms with E-state index >= 15 is 0 Å². The molecule has 0 unspecified atom stereocenters. The van der Waals surface area contributed by atoms with E-state index in [9.17, 15) is 0 Å². The number of benzene rings is 2. The summed E-state index contributed by atoms with van der Waals surface area (Å²) >= 11 is 3.91. The maximum absolute atomic E-state index is 4.61. The van der Waals surface area contributed by atoms with E-state index in [1.165, 1.54) is 83.8 Å². The van der Waals surface area contributed by atoms with Gasteiger partial charge < -0.3 is 0 Å². The lowest BCUT2D eigenvalue weighted by Crippen LogP contribution is -1.88. The van der Waals surface area contributed by atoms with Gasteiger partial charge in [-0.1, -0.05) is 101 Å². The van der Waals surface area contributed by atoms with Gasteiger partial charge in [0, 0.05) is 22.2 Å². The van der Waals surface area contributed by atoms with Gasteiger partial charge in [-0.15, -0.1) is 23.5 Å². The van der Waals surface area contributed by atoms with Crippen molar-refractivity contribution in [1.29, 1.82) is 0 Å². The zero-order valence-electron chi connectivity index (χ0n) is 25.2. The molecule has 0 saturated heterocycles. The normalized spacial score (nSPS) is 11.6. The summed E-state index contributed by atoms with van der Waals surface area (Å²) in [5.41, 5.74) is 6.38. The van der Waals surface area contributed by atoms with Crippen LogP contribution in [0.15, 0.2) is 95.0 Å². The van der Waals surface area contributed by atoms with E-state index in [4.69, 9.17) is 0 Å². The molecule has 0 amide bonds. The molecular weight excluding hydrogens is 549 g/mol. The highest BCUT2D eigenvalue weighted by atomic mass is 32.2. The van der Waals surface area contributed by atoms with Gasteiger partial charge in [-0.2, -0.15) is 0 Å². The summed E-state index contributed by atoms with van der Waals surface area (Å²) in [7, 11) is 0. The molecule has 0 spiro atoms. The Morgan fingerprint density at radius 1 is 0.476 bits per heavy atom. The molecule has 0 atom stereocenters. The van der Waals surface area contributed by atoms with E-state index in [0.717, 1.165) is 22.5 Å². The van der Waals surface area contributed by atoms with Gasteiger partial charge in [0.15, 0.2) is 0 Å². The molecule has 42 heavy (non-hydrogen) atoms.